The van der Waals surface area contributed by atoms with E-state index in [0.29, 0.717) is 41.0 Å². The van der Waals surface area contributed by atoms with E-state index in [1.165, 1.54) is 30.5 Å². The lowest BCUT2D eigenvalue weighted by Gasteiger charge is -2.23. The van der Waals surface area contributed by atoms with Gasteiger partial charge in [-0.05, 0) is 67.1 Å². The molecule has 3 aromatic rings. The third kappa shape index (κ3) is 7.10. The van der Waals surface area contributed by atoms with E-state index >= 15 is 0 Å². The van der Waals surface area contributed by atoms with Crippen LogP contribution in [0.1, 0.15) is 12.5 Å². The van der Waals surface area contributed by atoms with Crippen molar-refractivity contribution < 1.29 is 22.7 Å². The maximum atomic E-state index is 13.3. The fraction of sp³-hybridized carbons (Fsp3) is 0.154. The fourth-order valence-electron chi connectivity index (χ4n) is 3.13. The van der Waals surface area contributed by atoms with Crippen LogP contribution in [0.4, 0.5) is 5.69 Å². The Morgan fingerprint density at radius 3 is 2.44 bits per heavy atom. The molecule has 36 heavy (non-hydrogen) atoms. The van der Waals surface area contributed by atoms with Gasteiger partial charge in [0.15, 0.2) is 11.5 Å². The number of carbonyl (C=O) groups is 1. The number of ether oxygens (including phenoxy) is 2. The van der Waals surface area contributed by atoms with Gasteiger partial charge in [0.05, 0.1) is 23.4 Å². The molecule has 0 bridgehead atoms. The molecule has 0 aliphatic rings. The van der Waals surface area contributed by atoms with Crippen LogP contribution >= 0.6 is 11.6 Å². The van der Waals surface area contributed by atoms with Crippen molar-refractivity contribution >= 4 is 39.4 Å². The summed E-state index contributed by atoms with van der Waals surface area (Å²) in [6.45, 7) is 5.77. The number of carbonyl (C=O) groups excluding carboxylic acids is 1. The van der Waals surface area contributed by atoms with Crippen molar-refractivity contribution in [3.8, 4) is 11.5 Å². The second-order valence-corrected chi connectivity index (χ2v) is 9.63. The van der Waals surface area contributed by atoms with Gasteiger partial charge in [-0.1, -0.05) is 42.5 Å². The maximum Gasteiger partial charge on any atom is 0.264 e. The molecule has 0 saturated heterocycles. The van der Waals surface area contributed by atoms with Crippen molar-refractivity contribution in [1.82, 2.24) is 5.43 Å². The highest BCUT2D eigenvalue weighted by molar-refractivity contribution is 7.92. The number of anilines is 1. The minimum atomic E-state index is -4.02. The third-order valence-electron chi connectivity index (χ3n) is 4.76. The van der Waals surface area contributed by atoms with E-state index < -0.39 is 22.5 Å². The van der Waals surface area contributed by atoms with E-state index in [9.17, 15) is 13.2 Å². The summed E-state index contributed by atoms with van der Waals surface area (Å²) in [4.78, 5) is 12.7. The number of halogens is 1. The lowest BCUT2D eigenvalue weighted by Crippen LogP contribution is -2.39. The van der Waals surface area contributed by atoms with E-state index in [2.05, 4.69) is 17.1 Å². The zero-order valence-corrected chi connectivity index (χ0v) is 21.2. The molecule has 0 unspecified atom stereocenters. The summed E-state index contributed by atoms with van der Waals surface area (Å²) in [6.07, 6.45) is 3.06. The Balaban J connectivity index is 1.77. The van der Waals surface area contributed by atoms with Gasteiger partial charge in [-0.3, -0.25) is 9.10 Å². The highest BCUT2D eigenvalue weighted by Crippen LogP contribution is 2.28. The van der Waals surface area contributed by atoms with Crippen LogP contribution in [0.15, 0.2) is 95.4 Å². The number of hydrogen-bond acceptors (Lipinski definition) is 6. The lowest BCUT2D eigenvalue weighted by atomic mass is 10.2. The van der Waals surface area contributed by atoms with Crippen molar-refractivity contribution in [2.75, 3.05) is 24.1 Å². The average Bonchev–Trinajstić information content (AvgIpc) is 2.88. The number of hydrazone groups is 1. The summed E-state index contributed by atoms with van der Waals surface area (Å²) in [6, 6.07) is 19.2. The molecule has 0 fully saturated rings. The van der Waals surface area contributed by atoms with E-state index in [0.717, 1.165) is 4.31 Å². The topological polar surface area (TPSA) is 97.3 Å². The fourth-order valence-corrected chi connectivity index (χ4v) is 4.70. The van der Waals surface area contributed by atoms with Crippen LogP contribution in [-0.4, -0.2) is 40.3 Å². The molecule has 0 heterocycles. The van der Waals surface area contributed by atoms with E-state index in [1.54, 1.807) is 54.6 Å². The minimum Gasteiger partial charge on any atom is -0.490 e. The van der Waals surface area contributed by atoms with Crippen molar-refractivity contribution in [1.29, 1.82) is 0 Å². The number of rotatable bonds is 12. The lowest BCUT2D eigenvalue weighted by molar-refractivity contribution is -0.119. The smallest absolute Gasteiger partial charge is 0.264 e. The Morgan fingerprint density at radius 1 is 1.06 bits per heavy atom. The van der Waals surface area contributed by atoms with Gasteiger partial charge in [0.2, 0.25) is 0 Å². The molecule has 3 aromatic carbocycles. The zero-order valence-electron chi connectivity index (χ0n) is 19.6. The first kappa shape index (κ1) is 26.8. The van der Waals surface area contributed by atoms with Gasteiger partial charge in [0.25, 0.3) is 15.9 Å². The molecule has 8 nitrogen and oxygen atoms in total. The summed E-state index contributed by atoms with van der Waals surface area (Å²) < 4.78 is 38.8. The molecule has 0 atom stereocenters. The van der Waals surface area contributed by atoms with Crippen LogP contribution < -0.4 is 19.2 Å². The van der Waals surface area contributed by atoms with Crippen LogP contribution in [0.3, 0.4) is 0 Å². The second kappa shape index (κ2) is 12.8. The molecule has 10 heteroatoms. The normalized spacial score (nSPS) is 11.2. The third-order valence-corrected chi connectivity index (χ3v) is 6.80. The summed E-state index contributed by atoms with van der Waals surface area (Å²) in [5, 5.41) is 4.41. The second-order valence-electron chi connectivity index (χ2n) is 7.33. The maximum absolute atomic E-state index is 13.3. The molecular formula is C26H26ClN3O5S. The standard InChI is InChI=1S/C26H26ClN3O5S/c1-3-16-35-24-15-10-20(17-25(24)34-4-2)18-28-29-26(31)19-30(22-13-11-21(27)12-14-22)36(32,33)23-8-6-5-7-9-23/h3,5-15,17-18H,1,4,16,19H2,2H3,(H,29,31)/b28-18-. The summed E-state index contributed by atoms with van der Waals surface area (Å²) in [7, 11) is -4.02. The zero-order chi connectivity index (χ0) is 26.0. The van der Waals surface area contributed by atoms with Gasteiger partial charge in [-0.15, -0.1) is 0 Å². The highest BCUT2D eigenvalue weighted by atomic mass is 35.5. The molecule has 1 amide bonds. The van der Waals surface area contributed by atoms with Crippen LogP contribution in [0.5, 0.6) is 11.5 Å². The SMILES string of the molecule is C=CCOc1ccc(/C=N\NC(=O)CN(c2ccc(Cl)cc2)S(=O)(=O)c2ccccc2)cc1OCC. The largest absolute Gasteiger partial charge is 0.490 e. The first-order valence-electron chi connectivity index (χ1n) is 11.0. The van der Waals surface area contributed by atoms with Gasteiger partial charge in [0, 0.05) is 5.02 Å². The van der Waals surface area contributed by atoms with Crippen molar-refractivity contribution in [3.05, 3.63) is 96.0 Å². The van der Waals surface area contributed by atoms with Crippen LogP contribution in [-0.2, 0) is 14.8 Å². The predicted molar refractivity (Wildman–Crippen MR) is 141 cm³/mol. The van der Waals surface area contributed by atoms with Gasteiger partial charge < -0.3 is 9.47 Å². The van der Waals surface area contributed by atoms with Crippen LogP contribution in [0, 0.1) is 0 Å². The molecule has 3 rings (SSSR count). The number of nitrogens with one attached hydrogen (secondary N) is 1. The molecule has 0 radical (unpaired) electrons. The number of amides is 1. The summed E-state index contributed by atoms with van der Waals surface area (Å²) >= 11 is 5.96. The monoisotopic (exact) mass is 527 g/mol. The Bertz CT molecular complexity index is 1310. The molecule has 0 spiro atoms. The quantitative estimate of drug-likeness (QED) is 0.210. The Hall–Kier alpha value is -3.82. The van der Waals surface area contributed by atoms with Crippen molar-refractivity contribution in [2.45, 2.75) is 11.8 Å². The van der Waals surface area contributed by atoms with Crippen molar-refractivity contribution in [3.63, 3.8) is 0 Å². The number of sulfonamides is 1. The minimum absolute atomic E-state index is 0.0541. The number of hydrogen-bond donors (Lipinski definition) is 1. The first-order chi connectivity index (χ1) is 17.3. The summed E-state index contributed by atoms with van der Waals surface area (Å²) in [5.74, 6) is 0.455. The van der Waals surface area contributed by atoms with Crippen LogP contribution in [0.2, 0.25) is 5.02 Å². The molecule has 0 saturated carbocycles. The average molecular weight is 528 g/mol. The van der Waals surface area contributed by atoms with E-state index in [4.69, 9.17) is 21.1 Å². The Kier molecular flexibility index (Phi) is 9.49. The molecule has 0 aromatic heterocycles. The van der Waals surface area contributed by atoms with E-state index in [-0.39, 0.29) is 4.90 Å². The molecule has 0 aliphatic heterocycles. The van der Waals surface area contributed by atoms with Gasteiger partial charge in [-0.25, -0.2) is 13.8 Å². The summed E-state index contributed by atoms with van der Waals surface area (Å²) in [5.41, 5.74) is 3.32. The van der Waals surface area contributed by atoms with Gasteiger partial charge in [-0.2, -0.15) is 5.10 Å². The van der Waals surface area contributed by atoms with Gasteiger partial charge >= 0.3 is 0 Å². The Morgan fingerprint density at radius 2 is 1.78 bits per heavy atom. The van der Waals surface area contributed by atoms with Crippen LogP contribution in [0.25, 0.3) is 0 Å². The number of nitrogens with zero attached hydrogens (tertiary/aromatic N) is 2. The molecular weight excluding hydrogens is 502 g/mol. The molecule has 0 aliphatic carbocycles. The predicted octanol–water partition coefficient (Wildman–Crippen LogP) is 4.65. The molecule has 188 valence electrons. The number of benzene rings is 3. The van der Waals surface area contributed by atoms with E-state index in [1.807, 2.05) is 6.92 Å². The highest BCUT2D eigenvalue weighted by Gasteiger charge is 2.27. The van der Waals surface area contributed by atoms with Gasteiger partial charge in [0.1, 0.15) is 13.2 Å². The first-order valence-corrected chi connectivity index (χ1v) is 12.8. The molecule has 1 N–H and O–H groups in total. The Labute approximate surface area is 215 Å². The van der Waals surface area contributed by atoms with Crippen molar-refractivity contribution in [2.24, 2.45) is 5.10 Å².